The number of ether oxygens (including phenoxy) is 1. The molecule has 0 amide bonds. The number of imidazole rings is 1. The minimum Gasteiger partial charge on any atom is -0.491 e. The highest BCUT2D eigenvalue weighted by atomic mass is 16.5. The van der Waals surface area contributed by atoms with Crippen LogP contribution in [0.4, 0.5) is 11.4 Å². The zero-order valence-corrected chi connectivity index (χ0v) is 10.4. The molecule has 0 radical (unpaired) electrons. The molecule has 5 heteroatoms. The number of H-pyrrole nitrogens is 1. The van der Waals surface area contributed by atoms with E-state index in [0.29, 0.717) is 18.8 Å². The highest BCUT2D eigenvalue weighted by Gasteiger charge is 2.02. The fourth-order valence-electron chi connectivity index (χ4n) is 1.56. The second-order valence-electron chi connectivity index (χ2n) is 4.03. The van der Waals surface area contributed by atoms with Crippen LogP contribution in [0.3, 0.4) is 0 Å². The summed E-state index contributed by atoms with van der Waals surface area (Å²) in [5, 5.41) is 3.28. The van der Waals surface area contributed by atoms with Gasteiger partial charge in [-0.3, -0.25) is 0 Å². The highest BCUT2D eigenvalue weighted by molar-refractivity contribution is 5.61. The summed E-state index contributed by atoms with van der Waals surface area (Å²) >= 11 is 0. The van der Waals surface area contributed by atoms with Gasteiger partial charge in [-0.15, -0.1) is 0 Å². The van der Waals surface area contributed by atoms with E-state index >= 15 is 0 Å². The third-order valence-corrected chi connectivity index (χ3v) is 2.51. The first-order chi connectivity index (χ1) is 8.79. The molecule has 1 heterocycles. The Hall–Kier alpha value is -2.17. The smallest absolute Gasteiger partial charge is 0.144 e. The molecule has 0 spiro atoms. The number of hydrogen-bond donors (Lipinski definition) is 3. The third kappa shape index (κ3) is 3.16. The first-order valence-electron chi connectivity index (χ1n) is 6.03. The van der Waals surface area contributed by atoms with E-state index in [2.05, 4.69) is 22.2 Å². The van der Waals surface area contributed by atoms with Gasteiger partial charge in [0.1, 0.15) is 5.75 Å². The molecule has 0 saturated carbocycles. The largest absolute Gasteiger partial charge is 0.491 e. The lowest BCUT2D eigenvalue weighted by atomic mass is 10.2. The number of hydrogen-bond acceptors (Lipinski definition) is 4. The van der Waals surface area contributed by atoms with Gasteiger partial charge in [-0.05, 0) is 18.6 Å². The molecule has 0 aliphatic carbocycles. The Labute approximate surface area is 106 Å². The van der Waals surface area contributed by atoms with Gasteiger partial charge in [0, 0.05) is 18.0 Å². The molecule has 18 heavy (non-hydrogen) atoms. The van der Waals surface area contributed by atoms with Crippen molar-refractivity contribution < 1.29 is 4.74 Å². The molecule has 96 valence electrons. The molecule has 0 atom stereocenters. The van der Waals surface area contributed by atoms with Gasteiger partial charge >= 0.3 is 0 Å². The van der Waals surface area contributed by atoms with Crippen LogP contribution in [-0.4, -0.2) is 16.6 Å². The monoisotopic (exact) mass is 246 g/mol. The van der Waals surface area contributed by atoms with Crippen LogP contribution in [-0.2, 0) is 6.54 Å². The van der Waals surface area contributed by atoms with Gasteiger partial charge in [0.05, 0.1) is 30.9 Å². The van der Waals surface area contributed by atoms with Crippen molar-refractivity contribution in [3.63, 3.8) is 0 Å². The van der Waals surface area contributed by atoms with Crippen molar-refractivity contribution in [3.05, 3.63) is 36.4 Å². The van der Waals surface area contributed by atoms with E-state index in [1.165, 1.54) is 0 Å². The lowest BCUT2D eigenvalue weighted by molar-refractivity contribution is 0.319. The molecule has 0 aliphatic heterocycles. The Morgan fingerprint density at radius 3 is 3.06 bits per heavy atom. The molecule has 0 bridgehead atoms. The highest BCUT2D eigenvalue weighted by Crippen LogP contribution is 2.25. The van der Waals surface area contributed by atoms with E-state index in [0.717, 1.165) is 23.6 Å². The summed E-state index contributed by atoms with van der Waals surface area (Å²) in [5.41, 5.74) is 8.52. The summed E-state index contributed by atoms with van der Waals surface area (Å²) in [6.07, 6.45) is 4.42. The van der Waals surface area contributed by atoms with Crippen LogP contribution in [0.5, 0.6) is 5.75 Å². The first kappa shape index (κ1) is 12.3. The van der Waals surface area contributed by atoms with Gasteiger partial charge in [0.2, 0.25) is 0 Å². The van der Waals surface area contributed by atoms with E-state index < -0.39 is 0 Å². The van der Waals surface area contributed by atoms with Crippen molar-refractivity contribution in [1.82, 2.24) is 9.97 Å². The van der Waals surface area contributed by atoms with E-state index in [1.54, 1.807) is 12.5 Å². The van der Waals surface area contributed by atoms with Crippen LogP contribution in [0.15, 0.2) is 30.7 Å². The fraction of sp³-hybridized carbons (Fsp3) is 0.308. The molecule has 1 aromatic heterocycles. The summed E-state index contributed by atoms with van der Waals surface area (Å²) in [5.74, 6) is 0.728. The van der Waals surface area contributed by atoms with Gasteiger partial charge in [0.25, 0.3) is 0 Å². The molecular formula is C13H18N4O. The number of nitrogens with two attached hydrogens (primary N) is 1. The molecule has 0 fully saturated rings. The number of benzene rings is 1. The molecule has 4 N–H and O–H groups in total. The molecule has 2 aromatic rings. The Morgan fingerprint density at radius 2 is 2.33 bits per heavy atom. The van der Waals surface area contributed by atoms with E-state index in [1.807, 2.05) is 18.2 Å². The van der Waals surface area contributed by atoms with E-state index in [4.69, 9.17) is 10.5 Å². The van der Waals surface area contributed by atoms with Crippen molar-refractivity contribution in [2.24, 2.45) is 0 Å². The summed E-state index contributed by atoms with van der Waals surface area (Å²) < 4.78 is 5.58. The molecule has 1 aromatic carbocycles. The van der Waals surface area contributed by atoms with Crippen LogP contribution in [0.25, 0.3) is 0 Å². The molecule has 0 saturated heterocycles. The number of rotatable bonds is 6. The van der Waals surface area contributed by atoms with Gasteiger partial charge in [0.15, 0.2) is 0 Å². The van der Waals surface area contributed by atoms with Crippen molar-refractivity contribution >= 4 is 11.4 Å². The van der Waals surface area contributed by atoms with Gasteiger partial charge in [-0.2, -0.15) is 0 Å². The zero-order chi connectivity index (χ0) is 12.8. The first-order valence-corrected chi connectivity index (χ1v) is 6.03. The molecule has 0 unspecified atom stereocenters. The topological polar surface area (TPSA) is 76.0 Å². The lowest BCUT2D eigenvalue weighted by Crippen LogP contribution is -2.02. The Kier molecular flexibility index (Phi) is 4.06. The average molecular weight is 246 g/mol. The maximum atomic E-state index is 5.85. The van der Waals surface area contributed by atoms with Crippen LogP contribution < -0.4 is 15.8 Å². The Morgan fingerprint density at radius 1 is 1.44 bits per heavy atom. The van der Waals surface area contributed by atoms with Crippen molar-refractivity contribution in [2.75, 3.05) is 17.7 Å². The van der Waals surface area contributed by atoms with Crippen LogP contribution in [0.2, 0.25) is 0 Å². The lowest BCUT2D eigenvalue weighted by Gasteiger charge is -2.11. The molecular weight excluding hydrogens is 228 g/mol. The van der Waals surface area contributed by atoms with Gasteiger partial charge in [-0.25, -0.2) is 4.98 Å². The fourth-order valence-corrected chi connectivity index (χ4v) is 1.56. The van der Waals surface area contributed by atoms with Gasteiger partial charge in [-0.1, -0.05) is 6.92 Å². The summed E-state index contributed by atoms with van der Waals surface area (Å²) in [7, 11) is 0. The normalized spacial score (nSPS) is 10.3. The quantitative estimate of drug-likeness (QED) is 0.684. The van der Waals surface area contributed by atoms with Crippen LogP contribution >= 0.6 is 0 Å². The molecule has 0 aliphatic rings. The maximum Gasteiger partial charge on any atom is 0.144 e. The van der Waals surface area contributed by atoms with Crippen molar-refractivity contribution in [3.8, 4) is 5.75 Å². The summed E-state index contributed by atoms with van der Waals surface area (Å²) in [6, 6.07) is 5.70. The van der Waals surface area contributed by atoms with E-state index in [-0.39, 0.29) is 0 Å². The Bertz CT molecular complexity index is 482. The minimum atomic E-state index is 0.663. The second kappa shape index (κ2) is 5.95. The van der Waals surface area contributed by atoms with Crippen molar-refractivity contribution in [2.45, 2.75) is 19.9 Å². The molecule has 5 nitrogen and oxygen atoms in total. The molecule has 2 rings (SSSR count). The summed E-state index contributed by atoms with van der Waals surface area (Å²) in [6.45, 7) is 3.43. The number of aromatic amines is 1. The van der Waals surface area contributed by atoms with Crippen molar-refractivity contribution in [1.29, 1.82) is 0 Å². The zero-order valence-electron chi connectivity index (χ0n) is 10.4. The number of nitrogens with one attached hydrogen (secondary N) is 2. The Balaban J connectivity index is 2.00. The maximum absolute atomic E-state index is 5.85. The second-order valence-corrected chi connectivity index (χ2v) is 4.03. The SMILES string of the molecule is CCCOc1cc(NCc2cnc[nH]2)ccc1N. The minimum absolute atomic E-state index is 0.663. The standard InChI is InChI=1S/C13H18N4O/c1-2-5-18-13-6-10(3-4-12(13)14)16-8-11-7-15-9-17-11/h3-4,6-7,9,16H,2,5,8,14H2,1H3,(H,15,17). The van der Waals surface area contributed by atoms with Crippen LogP contribution in [0, 0.1) is 0 Å². The number of aromatic nitrogens is 2. The number of nitrogen functional groups attached to an aromatic ring is 1. The van der Waals surface area contributed by atoms with Gasteiger partial charge < -0.3 is 20.8 Å². The average Bonchev–Trinajstić information content (AvgIpc) is 2.89. The number of nitrogens with zero attached hydrogens (tertiary/aromatic N) is 1. The third-order valence-electron chi connectivity index (χ3n) is 2.51. The predicted octanol–water partition coefficient (Wildman–Crippen LogP) is 2.39. The predicted molar refractivity (Wildman–Crippen MR) is 72.6 cm³/mol. The van der Waals surface area contributed by atoms with Crippen LogP contribution in [0.1, 0.15) is 19.0 Å². The van der Waals surface area contributed by atoms with E-state index in [9.17, 15) is 0 Å². The summed E-state index contributed by atoms with van der Waals surface area (Å²) in [4.78, 5) is 7.00. The number of anilines is 2.